The van der Waals surface area contributed by atoms with Crippen LogP contribution in [0.3, 0.4) is 0 Å². The van der Waals surface area contributed by atoms with Gasteiger partial charge in [-0.1, -0.05) is 13.8 Å². The second-order valence-corrected chi connectivity index (χ2v) is 5.56. The topological polar surface area (TPSA) is 98.9 Å². The van der Waals surface area contributed by atoms with Crippen LogP contribution in [0.2, 0.25) is 0 Å². The maximum absolute atomic E-state index is 11.6. The fourth-order valence-electron chi connectivity index (χ4n) is 1.57. The maximum atomic E-state index is 11.6. The van der Waals surface area contributed by atoms with Crippen molar-refractivity contribution >= 4 is 34.2 Å². The second-order valence-electron chi connectivity index (χ2n) is 4.48. The van der Waals surface area contributed by atoms with Gasteiger partial charge in [0.25, 0.3) is 5.56 Å². The highest BCUT2D eigenvalue weighted by molar-refractivity contribution is 14.1. The van der Waals surface area contributed by atoms with Crippen molar-refractivity contribution in [3.05, 3.63) is 20.3 Å². The van der Waals surface area contributed by atoms with Crippen molar-refractivity contribution in [2.75, 3.05) is 18.0 Å². The van der Waals surface area contributed by atoms with Crippen LogP contribution in [0.25, 0.3) is 0 Å². The van der Waals surface area contributed by atoms with Crippen LogP contribution in [-0.4, -0.2) is 28.9 Å². The Bertz CT molecular complexity index is 471. The first-order valence-electron chi connectivity index (χ1n) is 5.72. The minimum Gasteiger partial charge on any atom is -0.388 e. The van der Waals surface area contributed by atoms with Crippen LogP contribution >= 0.6 is 22.6 Å². The van der Waals surface area contributed by atoms with Crippen LogP contribution in [0.4, 0.5) is 5.82 Å². The Balaban J connectivity index is 2.97. The summed E-state index contributed by atoms with van der Waals surface area (Å²) < 4.78 is 0.569. The van der Waals surface area contributed by atoms with Gasteiger partial charge in [-0.2, -0.15) is 0 Å². The molecule has 0 bridgehead atoms. The summed E-state index contributed by atoms with van der Waals surface area (Å²) >= 11 is 1.99. The van der Waals surface area contributed by atoms with Gasteiger partial charge in [0.2, 0.25) is 0 Å². The van der Waals surface area contributed by atoms with E-state index in [0.29, 0.717) is 28.3 Å². The molecule has 0 aliphatic rings. The third-order valence-electron chi connectivity index (χ3n) is 2.31. The first-order chi connectivity index (χ1) is 8.41. The summed E-state index contributed by atoms with van der Waals surface area (Å²) in [5.41, 5.74) is 5.24. The molecule has 0 radical (unpaired) electrons. The van der Waals surface area contributed by atoms with E-state index < -0.39 is 0 Å². The van der Waals surface area contributed by atoms with Crippen molar-refractivity contribution < 1.29 is 0 Å². The number of halogens is 1. The average Bonchev–Trinajstić information content (AvgIpc) is 2.27. The number of amidine groups is 1. The summed E-state index contributed by atoms with van der Waals surface area (Å²) in [7, 11) is 0. The molecule has 0 aliphatic carbocycles. The predicted molar refractivity (Wildman–Crippen MR) is 81.2 cm³/mol. The van der Waals surface area contributed by atoms with E-state index in [1.807, 2.05) is 27.5 Å². The largest absolute Gasteiger partial charge is 0.388 e. The van der Waals surface area contributed by atoms with Crippen LogP contribution in [0.5, 0.6) is 0 Å². The van der Waals surface area contributed by atoms with Crippen molar-refractivity contribution in [3.63, 3.8) is 0 Å². The second kappa shape index (κ2) is 6.72. The Morgan fingerprint density at radius 2 is 2.33 bits per heavy atom. The molecule has 18 heavy (non-hydrogen) atoms. The fourth-order valence-corrected chi connectivity index (χ4v) is 2.21. The van der Waals surface area contributed by atoms with Crippen molar-refractivity contribution in [1.82, 2.24) is 9.97 Å². The number of aromatic nitrogens is 2. The van der Waals surface area contributed by atoms with Crippen LogP contribution in [0.1, 0.15) is 20.3 Å². The molecule has 0 spiro atoms. The molecule has 0 fully saturated rings. The van der Waals surface area contributed by atoms with Gasteiger partial charge in [0.15, 0.2) is 0 Å². The Labute approximate surface area is 120 Å². The summed E-state index contributed by atoms with van der Waals surface area (Å²) in [5.74, 6) is 1.24. The molecule has 4 N–H and O–H groups in total. The number of H-pyrrole nitrogens is 1. The molecular weight excluding hydrogens is 345 g/mol. The van der Waals surface area contributed by atoms with Gasteiger partial charge in [-0.25, -0.2) is 4.98 Å². The highest BCUT2D eigenvalue weighted by atomic mass is 127. The van der Waals surface area contributed by atoms with E-state index in [2.05, 4.69) is 23.8 Å². The summed E-state index contributed by atoms with van der Waals surface area (Å²) in [6, 6.07) is 0. The number of hydrogen-bond donors (Lipinski definition) is 3. The van der Waals surface area contributed by atoms with Gasteiger partial charge in [-0.3, -0.25) is 10.2 Å². The summed E-state index contributed by atoms with van der Waals surface area (Å²) in [6.45, 7) is 5.57. The SMILES string of the molecule is CC(C)CN(CCC(=N)N)c1nc[nH]c(=O)c1I. The lowest BCUT2D eigenvalue weighted by atomic mass is 10.2. The molecule has 0 aromatic carbocycles. The van der Waals surface area contributed by atoms with Gasteiger partial charge >= 0.3 is 0 Å². The van der Waals surface area contributed by atoms with Crippen molar-refractivity contribution in [2.24, 2.45) is 11.7 Å². The third kappa shape index (κ3) is 4.28. The van der Waals surface area contributed by atoms with Crippen molar-refractivity contribution in [3.8, 4) is 0 Å². The van der Waals surface area contributed by atoms with Gasteiger partial charge in [0.05, 0.1) is 12.2 Å². The van der Waals surface area contributed by atoms with Gasteiger partial charge < -0.3 is 15.6 Å². The third-order valence-corrected chi connectivity index (χ3v) is 3.29. The molecule has 1 heterocycles. The van der Waals surface area contributed by atoms with Crippen LogP contribution in [0, 0.1) is 14.9 Å². The average molecular weight is 363 g/mol. The first-order valence-corrected chi connectivity index (χ1v) is 6.80. The molecule has 0 aliphatic heterocycles. The summed E-state index contributed by atoms with van der Waals surface area (Å²) in [4.78, 5) is 20.3. The van der Waals surface area contributed by atoms with Gasteiger partial charge in [-0.15, -0.1) is 0 Å². The lowest BCUT2D eigenvalue weighted by molar-refractivity contribution is 0.607. The monoisotopic (exact) mass is 363 g/mol. The summed E-state index contributed by atoms with van der Waals surface area (Å²) in [5, 5.41) is 7.29. The molecule has 0 unspecified atom stereocenters. The molecule has 1 aromatic rings. The number of hydrogen-bond acceptors (Lipinski definition) is 4. The number of anilines is 1. The van der Waals surface area contributed by atoms with Crippen LogP contribution < -0.4 is 16.2 Å². The van der Waals surface area contributed by atoms with E-state index >= 15 is 0 Å². The Morgan fingerprint density at radius 3 is 2.89 bits per heavy atom. The van der Waals surface area contributed by atoms with Crippen molar-refractivity contribution in [1.29, 1.82) is 5.41 Å². The standard InChI is InChI=1S/C11H18IN5O/c1-7(2)5-17(4-3-8(13)14)10-9(12)11(18)16-6-15-10/h6-7H,3-5H2,1-2H3,(H3,13,14)(H,15,16,18). The van der Waals surface area contributed by atoms with E-state index in [0.717, 1.165) is 6.54 Å². The maximum Gasteiger partial charge on any atom is 0.266 e. The Kier molecular flexibility index (Phi) is 5.57. The number of nitrogens with two attached hydrogens (primary N) is 1. The molecule has 0 saturated heterocycles. The number of nitrogens with one attached hydrogen (secondary N) is 2. The Hall–Kier alpha value is -1.12. The molecular formula is C11H18IN5O. The van der Waals surface area contributed by atoms with E-state index in [9.17, 15) is 4.79 Å². The van der Waals surface area contributed by atoms with Crippen molar-refractivity contribution in [2.45, 2.75) is 20.3 Å². The zero-order valence-corrected chi connectivity index (χ0v) is 12.7. The zero-order valence-electron chi connectivity index (χ0n) is 10.5. The molecule has 6 nitrogen and oxygen atoms in total. The highest BCUT2D eigenvalue weighted by Crippen LogP contribution is 2.17. The molecule has 1 rings (SSSR count). The normalized spacial score (nSPS) is 10.7. The zero-order chi connectivity index (χ0) is 13.7. The van der Waals surface area contributed by atoms with Gasteiger partial charge in [0.1, 0.15) is 9.39 Å². The minimum atomic E-state index is -0.141. The molecule has 1 aromatic heterocycles. The lowest BCUT2D eigenvalue weighted by Crippen LogP contribution is -2.34. The van der Waals surface area contributed by atoms with Crippen LogP contribution in [0.15, 0.2) is 11.1 Å². The van der Waals surface area contributed by atoms with E-state index in [1.165, 1.54) is 6.33 Å². The molecule has 0 atom stereocenters. The van der Waals surface area contributed by atoms with Gasteiger partial charge in [-0.05, 0) is 28.5 Å². The lowest BCUT2D eigenvalue weighted by Gasteiger charge is -2.25. The van der Waals surface area contributed by atoms with E-state index in [1.54, 1.807) is 0 Å². The number of aromatic amines is 1. The number of rotatable bonds is 6. The van der Waals surface area contributed by atoms with Gasteiger partial charge in [0, 0.05) is 19.5 Å². The molecule has 100 valence electrons. The molecule has 0 saturated carbocycles. The fraction of sp³-hybridized carbons (Fsp3) is 0.545. The van der Waals surface area contributed by atoms with E-state index in [4.69, 9.17) is 11.1 Å². The first kappa shape index (κ1) is 14.9. The van der Waals surface area contributed by atoms with E-state index in [-0.39, 0.29) is 11.4 Å². The number of nitrogens with zero attached hydrogens (tertiary/aromatic N) is 2. The highest BCUT2D eigenvalue weighted by Gasteiger charge is 2.15. The molecule has 0 amide bonds. The van der Waals surface area contributed by atoms with Crippen LogP contribution in [-0.2, 0) is 0 Å². The molecule has 7 heteroatoms. The smallest absolute Gasteiger partial charge is 0.266 e. The summed E-state index contributed by atoms with van der Waals surface area (Å²) in [6.07, 6.45) is 1.87. The minimum absolute atomic E-state index is 0.141. The predicted octanol–water partition coefficient (Wildman–Crippen LogP) is 1.16. The quantitative estimate of drug-likeness (QED) is 0.401. The Morgan fingerprint density at radius 1 is 1.67 bits per heavy atom.